The largest absolute Gasteiger partial charge is 0.495 e. The van der Waals surface area contributed by atoms with Gasteiger partial charge in [-0.1, -0.05) is 0 Å². The van der Waals surface area contributed by atoms with E-state index in [2.05, 4.69) is 5.10 Å². The maximum atomic E-state index is 14.8. The Morgan fingerprint density at radius 1 is 1.17 bits per heavy atom. The molecule has 1 fully saturated rings. The Morgan fingerprint density at radius 2 is 1.76 bits per heavy atom. The summed E-state index contributed by atoms with van der Waals surface area (Å²) in [5.74, 6) is -1.89. The Morgan fingerprint density at radius 3 is 2.31 bits per heavy atom. The molecule has 0 bridgehead atoms. The summed E-state index contributed by atoms with van der Waals surface area (Å²) in [4.78, 5) is 11.5. The number of carbonyl (C=O) groups is 1. The average Bonchev–Trinajstić information content (AvgIpc) is 3.15. The Kier molecular flexibility index (Phi) is 5.82. The number of halogens is 2. The van der Waals surface area contributed by atoms with Crippen molar-refractivity contribution in [3.05, 3.63) is 41.7 Å². The summed E-state index contributed by atoms with van der Waals surface area (Å²) in [6.07, 6.45) is 3.51. The quantitative estimate of drug-likeness (QED) is 0.546. The van der Waals surface area contributed by atoms with Crippen LogP contribution in [0.3, 0.4) is 0 Å². The molecule has 6 nitrogen and oxygen atoms in total. The monoisotopic (exact) mass is 406 g/mol. The molecule has 0 N–H and O–H groups in total. The molecule has 1 aliphatic rings. The van der Waals surface area contributed by atoms with Gasteiger partial charge in [0.15, 0.2) is 11.6 Å². The summed E-state index contributed by atoms with van der Waals surface area (Å²) < 4.78 is 47.3. The number of aryl methyl sites for hydroxylation is 1. The predicted octanol–water partition coefficient (Wildman–Crippen LogP) is 2.95. The van der Waals surface area contributed by atoms with Crippen LogP contribution in [0.25, 0.3) is 5.69 Å². The lowest BCUT2D eigenvalue weighted by Crippen LogP contribution is -2.41. The molecule has 0 radical (unpaired) electrons. The van der Waals surface area contributed by atoms with Crippen molar-refractivity contribution in [2.45, 2.75) is 58.7 Å². The highest BCUT2D eigenvalue weighted by atomic mass is 19.1. The number of rotatable bonds is 6. The molecule has 156 valence electrons. The van der Waals surface area contributed by atoms with Gasteiger partial charge in [-0.05, 0) is 64.2 Å². The molecule has 3 rings (SSSR count). The van der Waals surface area contributed by atoms with Crippen molar-refractivity contribution < 1.29 is 27.6 Å². The number of nitrogens with zero attached hydrogens (tertiary/aromatic N) is 2. The van der Waals surface area contributed by atoms with Gasteiger partial charge in [-0.15, -0.1) is 0 Å². The third-order valence-electron chi connectivity index (χ3n) is 5.35. The minimum Gasteiger partial charge on any atom is -0.466 e. The molecule has 9 heteroatoms. The van der Waals surface area contributed by atoms with E-state index in [1.165, 1.54) is 24.5 Å². The van der Waals surface area contributed by atoms with Gasteiger partial charge >= 0.3 is 13.1 Å². The van der Waals surface area contributed by atoms with Crippen LogP contribution in [-0.2, 0) is 25.3 Å². The van der Waals surface area contributed by atoms with Crippen molar-refractivity contribution in [1.82, 2.24) is 9.78 Å². The van der Waals surface area contributed by atoms with E-state index in [0.29, 0.717) is 18.6 Å². The van der Waals surface area contributed by atoms with Crippen LogP contribution in [0.1, 0.15) is 46.6 Å². The topological polar surface area (TPSA) is 62.6 Å². The lowest BCUT2D eigenvalue weighted by molar-refractivity contribution is -0.143. The number of carbonyl (C=O) groups excluding carboxylic acids is 1. The number of hydrogen-bond donors (Lipinski definition) is 0. The van der Waals surface area contributed by atoms with E-state index >= 15 is 0 Å². The minimum absolute atomic E-state index is 0.172. The Labute approximate surface area is 169 Å². The highest BCUT2D eigenvalue weighted by Crippen LogP contribution is 2.36. The first-order chi connectivity index (χ1) is 13.5. The molecule has 0 saturated carbocycles. The summed E-state index contributed by atoms with van der Waals surface area (Å²) in [5.41, 5.74) is -0.588. The molecular formula is C20H25BF2N2O4. The van der Waals surface area contributed by atoms with Crippen molar-refractivity contribution >= 4 is 18.6 Å². The van der Waals surface area contributed by atoms with E-state index < -0.39 is 30.0 Å². The van der Waals surface area contributed by atoms with E-state index in [1.807, 2.05) is 27.7 Å². The average molecular weight is 406 g/mol. The van der Waals surface area contributed by atoms with E-state index in [-0.39, 0.29) is 23.5 Å². The fourth-order valence-corrected chi connectivity index (χ4v) is 3.01. The van der Waals surface area contributed by atoms with Crippen molar-refractivity contribution in [3.8, 4) is 5.69 Å². The second-order valence-corrected chi connectivity index (χ2v) is 8.02. The Bertz CT molecular complexity index is 875. The normalized spacial score (nSPS) is 17.6. The second kappa shape index (κ2) is 7.87. The van der Waals surface area contributed by atoms with Crippen molar-refractivity contribution in [2.75, 3.05) is 6.61 Å². The molecule has 29 heavy (non-hydrogen) atoms. The van der Waals surface area contributed by atoms with Crippen LogP contribution < -0.4 is 5.46 Å². The fourth-order valence-electron chi connectivity index (χ4n) is 3.01. The van der Waals surface area contributed by atoms with Crippen LogP contribution in [-0.4, -0.2) is 40.7 Å². The van der Waals surface area contributed by atoms with Gasteiger partial charge in [-0.25, -0.2) is 13.5 Å². The van der Waals surface area contributed by atoms with Crippen LogP contribution in [0.2, 0.25) is 0 Å². The first-order valence-electron chi connectivity index (χ1n) is 9.58. The molecule has 0 aliphatic carbocycles. The number of esters is 1. The second-order valence-electron chi connectivity index (χ2n) is 8.02. The van der Waals surface area contributed by atoms with Crippen LogP contribution in [0, 0.1) is 11.6 Å². The summed E-state index contributed by atoms with van der Waals surface area (Å²) in [5, 5.41) is 4.03. The van der Waals surface area contributed by atoms with E-state index in [0.717, 1.165) is 4.68 Å². The molecule has 1 aromatic carbocycles. The minimum atomic E-state index is -0.865. The molecule has 1 aromatic heterocycles. The molecule has 1 aliphatic heterocycles. The zero-order valence-electron chi connectivity index (χ0n) is 17.3. The van der Waals surface area contributed by atoms with E-state index in [9.17, 15) is 13.6 Å². The standard InChI is InChI=1S/C20H25BF2N2O4/c1-6-27-17(26)8-7-13-11-24-25(12-13)18-15(22)9-14(10-16(18)23)21-28-19(2,3)20(4,5)29-21/h9-12H,6-8H2,1-5H3. The van der Waals surface area contributed by atoms with Crippen LogP contribution >= 0.6 is 0 Å². The number of aromatic nitrogens is 2. The van der Waals surface area contributed by atoms with Crippen LogP contribution in [0.5, 0.6) is 0 Å². The molecule has 0 amide bonds. The zero-order valence-corrected chi connectivity index (χ0v) is 17.3. The highest BCUT2D eigenvalue weighted by Gasteiger charge is 2.52. The molecule has 2 heterocycles. The zero-order chi connectivity index (χ0) is 21.4. The van der Waals surface area contributed by atoms with Gasteiger partial charge in [-0.2, -0.15) is 5.10 Å². The smallest absolute Gasteiger partial charge is 0.466 e. The van der Waals surface area contributed by atoms with Crippen LogP contribution in [0.4, 0.5) is 8.78 Å². The van der Waals surface area contributed by atoms with E-state index in [1.54, 1.807) is 6.92 Å². The highest BCUT2D eigenvalue weighted by molar-refractivity contribution is 6.62. The summed E-state index contributed by atoms with van der Waals surface area (Å²) in [6.45, 7) is 9.52. The predicted molar refractivity (Wildman–Crippen MR) is 104 cm³/mol. The molecule has 0 spiro atoms. The van der Waals surface area contributed by atoms with Crippen molar-refractivity contribution in [1.29, 1.82) is 0 Å². The lowest BCUT2D eigenvalue weighted by atomic mass is 9.79. The fraction of sp³-hybridized carbons (Fsp3) is 0.500. The first kappa shape index (κ1) is 21.5. The number of hydrogen-bond acceptors (Lipinski definition) is 5. The van der Waals surface area contributed by atoms with Gasteiger partial charge in [0.05, 0.1) is 24.0 Å². The maximum absolute atomic E-state index is 14.8. The van der Waals surface area contributed by atoms with Gasteiger partial charge in [0.25, 0.3) is 0 Å². The SMILES string of the molecule is CCOC(=O)CCc1cnn(-c2c(F)cc(B3OC(C)(C)C(C)(C)O3)cc2F)c1. The van der Waals surface area contributed by atoms with Gasteiger partial charge in [0.2, 0.25) is 0 Å². The third kappa shape index (κ3) is 4.35. The van der Waals surface area contributed by atoms with E-state index in [4.69, 9.17) is 14.0 Å². The molecule has 2 aromatic rings. The molecule has 0 atom stereocenters. The Hall–Kier alpha value is -2.26. The summed E-state index contributed by atoms with van der Waals surface area (Å²) in [6, 6.07) is 2.39. The molecule has 0 unspecified atom stereocenters. The van der Waals surface area contributed by atoms with Gasteiger partial charge in [0, 0.05) is 12.6 Å². The third-order valence-corrected chi connectivity index (χ3v) is 5.35. The maximum Gasteiger partial charge on any atom is 0.495 e. The van der Waals surface area contributed by atoms with Gasteiger partial charge < -0.3 is 14.0 Å². The van der Waals surface area contributed by atoms with Gasteiger partial charge in [0.1, 0.15) is 5.69 Å². The summed E-state index contributed by atoms with van der Waals surface area (Å²) >= 11 is 0. The first-order valence-corrected chi connectivity index (χ1v) is 9.58. The Balaban J connectivity index is 1.80. The number of ether oxygens (including phenoxy) is 1. The number of benzene rings is 1. The van der Waals surface area contributed by atoms with Crippen molar-refractivity contribution in [2.24, 2.45) is 0 Å². The summed E-state index contributed by atoms with van der Waals surface area (Å²) in [7, 11) is -0.865. The molecular weight excluding hydrogens is 381 g/mol. The van der Waals surface area contributed by atoms with Crippen molar-refractivity contribution in [3.63, 3.8) is 0 Å². The van der Waals surface area contributed by atoms with Crippen LogP contribution in [0.15, 0.2) is 24.5 Å². The van der Waals surface area contributed by atoms with Gasteiger partial charge in [-0.3, -0.25) is 4.79 Å². The molecule has 1 saturated heterocycles. The lowest BCUT2D eigenvalue weighted by Gasteiger charge is -2.32.